The fourth-order valence-corrected chi connectivity index (χ4v) is 2.13. The predicted octanol–water partition coefficient (Wildman–Crippen LogP) is 3.30. The Labute approximate surface area is 112 Å². The molecule has 1 heterocycles. The molecule has 0 aliphatic heterocycles. The molecule has 6 heteroatoms. The minimum Gasteiger partial charge on any atom is -0.353 e. The van der Waals surface area contributed by atoms with Crippen LogP contribution < -0.4 is 16.2 Å². The Morgan fingerprint density at radius 1 is 1.41 bits per heavy atom. The molecule has 1 rings (SSSR count). The molecule has 0 amide bonds. The number of pyridine rings is 1. The second-order valence-corrected chi connectivity index (χ2v) is 4.87. The fraction of sp³-hybridized carbons (Fsp3) is 0.545. The first-order valence-corrected chi connectivity index (χ1v) is 6.36. The van der Waals surface area contributed by atoms with Gasteiger partial charge < -0.3 is 10.3 Å². The SMILES string of the molecule is CCCN(c1nc(NN)c(Cl)cc1Cl)C(C)C. The number of halogens is 2. The van der Waals surface area contributed by atoms with Gasteiger partial charge in [-0.15, -0.1) is 0 Å². The zero-order valence-corrected chi connectivity index (χ0v) is 11.8. The molecule has 17 heavy (non-hydrogen) atoms. The molecule has 0 aliphatic carbocycles. The smallest absolute Gasteiger partial charge is 0.161 e. The van der Waals surface area contributed by atoms with Crippen molar-refractivity contribution < 1.29 is 0 Å². The monoisotopic (exact) mass is 276 g/mol. The van der Waals surface area contributed by atoms with Crippen molar-refractivity contribution in [2.75, 3.05) is 16.9 Å². The van der Waals surface area contributed by atoms with Crippen molar-refractivity contribution in [3.63, 3.8) is 0 Å². The Bertz CT molecular complexity index is 382. The summed E-state index contributed by atoms with van der Waals surface area (Å²) in [4.78, 5) is 6.48. The zero-order valence-electron chi connectivity index (χ0n) is 10.3. The lowest BCUT2D eigenvalue weighted by Gasteiger charge is -2.28. The normalized spacial score (nSPS) is 10.8. The molecular weight excluding hydrogens is 259 g/mol. The average molecular weight is 277 g/mol. The van der Waals surface area contributed by atoms with Crippen LogP contribution in [0.15, 0.2) is 6.07 Å². The van der Waals surface area contributed by atoms with Gasteiger partial charge in [0.25, 0.3) is 0 Å². The summed E-state index contributed by atoms with van der Waals surface area (Å²) in [6.45, 7) is 7.19. The van der Waals surface area contributed by atoms with E-state index in [-0.39, 0.29) is 0 Å². The average Bonchev–Trinajstić information content (AvgIpc) is 2.26. The maximum absolute atomic E-state index is 6.18. The molecule has 96 valence electrons. The molecule has 0 unspecified atom stereocenters. The van der Waals surface area contributed by atoms with Gasteiger partial charge in [-0.05, 0) is 26.3 Å². The zero-order chi connectivity index (χ0) is 13.0. The van der Waals surface area contributed by atoms with Gasteiger partial charge in [-0.25, -0.2) is 10.8 Å². The fourth-order valence-electron chi connectivity index (χ4n) is 1.61. The van der Waals surface area contributed by atoms with E-state index in [0.29, 0.717) is 27.7 Å². The molecule has 0 saturated heterocycles. The summed E-state index contributed by atoms with van der Waals surface area (Å²) in [5.74, 6) is 6.51. The molecule has 0 radical (unpaired) electrons. The number of hydrogen-bond acceptors (Lipinski definition) is 4. The van der Waals surface area contributed by atoms with E-state index in [1.165, 1.54) is 0 Å². The number of aromatic nitrogens is 1. The van der Waals surface area contributed by atoms with Crippen molar-refractivity contribution in [2.24, 2.45) is 5.84 Å². The third-order valence-corrected chi connectivity index (χ3v) is 2.97. The molecular formula is C11H18Cl2N4. The lowest BCUT2D eigenvalue weighted by Crippen LogP contribution is -2.32. The summed E-state index contributed by atoms with van der Waals surface area (Å²) >= 11 is 12.1. The third kappa shape index (κ3) is 3.37. The van der Waals surface area contributed by atoms with Crippen LogP contribution in [0.2, 0.25) is 10.0 Å². The van der Waals surface area contributed by atoms with E-state index in [1.54, 1.807) is 6.07 Å². The number of rotatable bonds is 5. The molecule has 1 aromatic heterocycles. The molecule has 0 aliphatic rings. The molecule has 0 bridgehead atoms. The molecule has 0 spiro atoms. The minimum atomic E-state index is 0.312. The molecule has 0 atom stereocenters. The lowest BCUT2D eigenvalue weighted by atomic mass is 10.2. The van der Waals surface area contributed by atoms with Crippen molar-refractivity contribution in [3.05, 3.63) is 16.1 Å². The van der Waals surface area contributed by atoms with Crippen LogP contribution in [0.25, 0.3) is 0 Å². The van der Waals surface area contributed by atoms with Crippen LogP contribution in [0.5, 0.6) is 0 Å². The number of nitrogens with two attached hydrogens (primary N) is 1. The number of nitrogens with zero attached hydrogens (tertiary/aromatic N) is 2. The molecule has 0 aromatic carbocycles. The van der Waals surface area contributed by atoms with E-state index in [2.05, 4.69) is 36.1 Å². The highest BCUT2D eigenvalue weighted by molar-refractivity contribution is 6.37. The van der Waals surface area contributed by atoms with Gasteiger partial charge in [-0.1, -0.05) is 30.1 Å². The first-order chi connectivity index (χ1) is 8.01. The highest BCUT2D eigenvalue weighted by atomic mass is 35.5. The first kappa shape index (κ1) is 14.4. The summed E-state index contributed by atoms with van der Waals surface area (Å²) < 4.78 is 0. The highest BCUT2D eigenvalue weighted by Crippen LogP contribution is 2.32. The van der Waals surface area contributed by atoms with Crippen molar-refractivity contribution in [1.82, 2.24) is 4.98 Å². The first-order valence-electron chi connectivity index (χ1n) is 5.60. The lowest BCUT2D eigenvalue weighted by molar-refractivity contribution is 0.662. The Kier molecular flexibility index (Phi) is 5.31. The number of nitrogen functional groups attached to an aromatic ring is 1. The van der Waals surface area contributed by atoms with Gasteiger partial charge in [-0.3, -0.25) is 0 Å². The predicted molar refractivity (Wildman–Crippen MR) is 74.8 cm³/mol. The maximum atomic E-state index is 6.18. The van der Waals surface area contributed by atoms with Gasteiger partial charge in [0.2, 0.25) is 0 Å². The highest BCUT2D eigenvalue weighted by Gasteiger charge is 2.17. The van der Waals surface area contributed by atoms with Gasteiger partial charge in [0, 0.05) is 12.6 Å². The summed E-state index contributed by atoms with van der Waals surface area (Å²) in [7, 11) is 0. The van der Waals surface area contributed by atoms with E-state index < -0.39 is 0 Å². The Hall–Kier alpha value is -0.710. The Balaban J connectivity index is 3.18. The van der Waals surface area contributed by atoms with Gasteiger partial charge >= 0.3 is 0 Å². The molecule has 1 aromatic rings. The summed E-state index contributed by atoms with van der Waals surface area (Å²) in [5, 5.41) is 0.956. The van der Waals surface area contributed by atoms with Crippen LogP contribution in [-0.4, -0.2) is 17.6 Å². The van der Waals surface area contributed by atoms with Gasteiger partial charge in [0.1, 0.15) is 5.82 Å². The van der Waals surface area contributed by atoms with E-state index in [0.717, 1.165) is 13.0 Å². The van der Waals surface area contributed by atoms with Crippen molar-refractivity contribution >= 4 is 34.8 Å². The van der Waals surface area contributed by atoms with Crippen LogP contribution in [0.3, 0.4) is 0 Å². The molecule has 0 fully saturated rings. The van der Waals surface area contributed by atoms with Crippen LogP contribution in [-0.2, 0) is 0 Å². The van der Waals surface area contributed by atoms with E-state index in [1.807, 2.05) is 0 Å². The number of hydrazine groups is 1. The van der Waals surface area contributed by atoms with Crippen molar-refractivity contribution in [1.29, 1.82) is 0 Å². The van der Waals surface area contributed by atoms with E-state index in [9.17, 15) is 0 Å². The number of anilines is 2. The molecule has 4 nitrogen and oxygen atoms in total. The summed E-state index contributed by atoms with van der Waals surface area (Å²) in [5.41, 5.74) is 2.47. The van der Waals surface area contributed by atoms with Crippen LogP contribution in [0.1, 0.15) is 27.2 Å². The van der Waals surface area contributed by atoms with Gasteiger partial charge in [0.05, 0.1) is 10.0 Å². The van der Waals surface area contributed by atoms with Gasteiger partial charge in [-0.2, -0.15) is 0 Å². The van der Waals surface area contributed by atoms with Gasteiger partial charge in [0.15, 0.2) is 5.82 Å². The van der Waals surface area contributed by atoms with Crippen LogP contribution in [0, 0.1) is 0 Å². The minimum absolute atomic E-state index is 0.312. The van der Waals surface area contributed by atoms with Crippen molar-refractivity contribution in [3.8, 4) is 0 Å². The maximum Gasteiger partial charge on any atom is 0.161 e. The Morgan fingerprint density at radius 2 is 2.06 bits per heavy atom. The summed E-state index contributed by atoms with van der Waals surface area (Å²) in [6, 6.07) is 1.97. The topological polar surface area (TPSA) is 54.2 Å². The quantitative estimate of drug-likeness (QED) is 0.640. The van der Waals surface area contributed by atoms with Crippen LogP contribution >= 0.6 is 23.2 Å². The summed E-state index contributed by atoms with van der Waals surface area (Å²) in [6.07, 6.45) is 1.02. The van der Waals surface area contributed by atoms with E-state index >= 15 is 0 Å². The second kappa shape index (κ2) is 6.28. The van der Waals surface area contributed by atoms with E-state index in [4.69, 9.17) is 29.0 Å². The molecule has 3 N–H and O–H groups in total. The standard InChI is InChI=1S/C11H18Cl2N4/c1-4-5-17(7(2)3)11-9(13)6-8(12)10(15-11)16-14/h6-7H,4-5,14H2,1-3H3,(H,15,16). The largest absolute Gasteiger partial charge is 0.353 e. The number of nitrogens with one attached hydrogen (secondary N) is 1. The second-order valence-electron chi connectivity index (χ2n) is 4.06. The molecule has 0 saturated carbocycles. The number of hydrogen-bond donors (Lipinski definition) is 2. The van der Waals surface area contributed by atoms with Crippen LogP contribution in [0.4, 0.5) is 11.6 Å². The van der Waals surface area contributed by atoms with Crippen molar-refractivity contribution in [2.45, 2.75) is 33.2 Å². The Morgan fingerprint density at radius 3 is 2.53 bits per heavy atom. The third-order valence-electron chi connectivity index (χ3n) is 2.41.